The van der Waals surface area contributed by atoms with E-state index in [9.17, 15) is 4.79 Å². The zero-order valence-electron chi connectivity index (χ0n) is 10.9. The molecule has 2 aromatic rings. The summed E-state index contributed by atoms with van der Waals surface area (Å²) >= 11 is 0. The Hall–Kier alpha value is -2.23. The molecule has 1 aromatic carbocycles. The third kappa shape index (κ3) is 2.21. The van der Waals surface area contributed by atoms with Gasteiger partial charge in [-0.25, -0.2) is 0 Å². The number of carbonyl (C=O) groups excluding carboxylic acids is 1. The minimum atomic E-state index is 0.386. The number of anilines is 2. The fourth-order valence-electron chi connectivity index (χ4n) is 2.46. The summed E-state index contributed by atoms with van der Waals surface area (Å²) in [6.07, 6.45) is 0.738. The Morgan fingerprint density at radius 3 is 2.68 bits per heavy atom. The molecule has 4 nitrogen and oxygen atoms in total. The van der Waals surface area contributed by atoms with Crippen LogP contribution in [-0.4, -0.2) is 26.4 Å². The number of furan rings is 1. The van der Waals surface area contributed by atoms with E-state index in [1.54, 1.807) is 6.07 Å². The van der Waals surface area contributed by atoms with Crippen LogP contribution in [0.1, 0.15) is 16.3 Å². The van der Waals surface area contributed by atoms with Crippen LogP contribution in [0.2, 0.25) is 0 Å². The Labute approximate surface area is 112 Å². The van der Waals surface area contributed by atoms with Gasteiger partial charge < -0.3 is 14.2 Å². The van der Waals surface area contributed by atoms with Crippen molar-refractivity contribution >= 4 is 17.7 Å². The normalized spacial score (nSPS) is 14.4. The summed E-state index contributed by atoms with van der Waals surface area (Å²) in [5, 5.41) is 0. The van der Waals surface area contributed by atoms with Gasteiger partial charge in [-0.15, -0.1) is 0 Å². The maximum Gasteiger partial charge on any atom is 0.185 e. The van der Waals surface area contributed by atoms with E-state index in [1.165, 1.54) is 11.4 Å². The molecule has 0 saturated heterocycles. The number of nitrogens with zero attached hydrogens (tertiary/aromatic N) is 2. The number of benzene rings is 1. The topological polar surface area (TPSA) is 36.7 Å². The molecule has 1 aliphatic heterocycles. The van der Waals surface area contributed by atoms with Crippen LogP contribution < -0.4 is 9.80 Å². The summed E-state index contributed by atoms with van der Waals surface area (Å²) in [6, 6.07) is 11.9. The number of fused-ring (bicyclic) bond motifs is 1. The van der Waals surface area contributed by atoms with Gasteiger partial charge >= 0.3 is 0 Å². The molecule has 0 fully saturated rings. The number of carbonyl (C=O) groups is 1. The summed E-state index contributed by atoms with van der Waals surface area (Å²) in [4.78, 5) is 15.2. The Morgan fingerprint density at radius 2 is 1.95 bits per heavy atom. The smallest absolute Gasteiger partial charge is 0.185 e. The van der Waals surface area contributed by atoms with Gasteiger partial charge in [0.05, 0.1) is 17.9 Å². The van der Waals surface area contributed by atoms with E-state index in [2.05, 4.69) is 35.0 Å². The van der Waals surface area contributed by atoms with E-state index < -0.39 is 0 Å². The molecular weight excluding hydrogens is 240 g/mol. The molecule has 0 atom stereocenters. The Morgan fingerprint density at radius 1 is 1.16 bits per heavy atom. The fraction of sp³-hybridized carbons (Fsp3) is 0.267. The molecular formula is C15H16N2O2. The molecule has 19 heavy (non-hydrogen) atoms. The lowest BCUT2D eigenvalue weighted by Gasteiger charge is -2.36. The zero-order valence-corrected chi connectivity index (χ0v) is 10.9. The van der Waals surface area contributed by atoms with Gasteiger partial charge in [0, 0.05) is 20.1 Å². The lowest BCUT2D eigenvalue weighted by molar-refractivity contribution is 0.109. The highest BCUT2D eigenvalue weighted by Crippen LogP contribution is 2.32. The van der Waals surface area contributed by atoms with Crippen LogP contribution in [0.3, 0.4) is 0 Å². The minimum absolute atomic E-state index is 0.386. The molecule has 0 unspecified atom stereocenters. The molecule has 0 saturated carbocycles. The summed E-state index contributed by atoms with van der Waals surface area (Å²) in [6.45, 7) is 2.63. The van der Waals surface area contributed by atoms with E-state index in [0.717, 1.165) is 25.1 Å². The Bertz CT molecular complexity index is 591. The van der Waals surface area contributed by atoms with E-state index in [1.807, 2.05) is 12.1 Å². The van der Waals surface area contributed by atoms with Crippen molar-refractivity contribution in [3.8, 4) is 0 Å². The van der Waals surface area contributed by atoms with Crippen LogP contribution in [0.5, 0.6) is 0 Å². The van der Waals surface area contributed by atoms with Crippen molar-refractivity contribution in [2.45, 2.75) is 6.54 Å². The number of rotatable bonds is 3. The van der Waals surface area contributed by atoms with Crippen molar-refractivity contribution < 1.29 is 9.21 Å². The van der Waals surface area contributed by atoms with Crippen LogP contribution in [0, 0.1) is 0 Å². The molecule has 0 aliphatic carbocycles. The van der Waals surface area contributed by atoms with Gasteiger partial charge in [0.15, 0.2) is 12.0 Å². The van der Waals surface area contributed by atoms with Gasteiger partial charge in [-0.2, -0.15) is 0 Å². The molecule has 1 aromatic heterocycles. The highest BCUT2D eigenvalue weighted by Gasteiger charge is 2.20. The second-order valence-electron chi connectivity index (χ2n) is 4.75. The van der Waals surface area contributed by atoms with Gasteiger partial charge in [0.25, 0.3) is 0 Å². The molecule has 0 amide bonds. The standard InChI is InChI=1S/C15H16N2O2/c1-16-8-9-17(15-5-3-2-4-14(15)16)10-12-6-7-13(11-18)19-12/h2-7,11H,8-10H2,1H3. The van der Waals surface area contributed by atoms with Gasteiger partial charge in [-0.1, -0.05) is 12.1 Å². The maximum atomic E-state index is 10.6. The maximum absolute atomic E-state index is 10.6. The first kappa shape index (κ1) is 11.8. The molecule has 4 heteroatoms. The van der Waals surface area contributed by atoms with E-state index in [4.69, 9.17) is 4.42 Å². The average Bonchev–Trinajstić information content (AvgIpc) is 2.90. The van der Waals surface area contributed by atoms with Crippen molar-refractivity contribution in [3.63, 3.8) is 0 Å². The van der Waals surface area contributed by atoms with Crippen LogP contribution in [0.4, 0.5) is 11.4 Å². The second kappa shape index (κ2) is 4.80. The van der Waals surface area contributed by atoms with Gasteiger partial charge in [0.2, 0.25) is 0 Å². The van der Waals surface area contributed by atoms with Crippen molar-refractivity contribution in [2.75, 3.05) is 29.9 Å². The quantitative estimate of drug-likeness (QED) is 0.791. The first-order valence-electron chi connectivity index (χ1n) is 6.37. The monoisotopic (exact) mass is 256 g/mol. The van der Waals surface area contributed by atoms with Crippen LogP contribution >= 0.6 is 0 Å². The minimum Gasteiger partial charge on any atom is -0.456 e. The predicted molar refractivity (Wildman–Crippen MR) is 74.9 cm³/mol. The largest absolute Gasteiger partial charge is 0.456 e. The molecule has 1 aliphatic rings. The summed E-state index contributed by atoms with van der Waals surface area (Å²) in [5.41, 5.74) is 2.44. The molecule has 0 N–H and O–H groups in total. The van der Waals surface area contributed by atoms with Gasteiger partial charge in [-0.05, 0) is 24.3 Å². The molecule has 3 rings (SSSR count). The van der Waals surface area contributed by atoms with E-state index in [-0.39, 0.29) is 0 Å². The summed E-state index contributed by atoms with van der Waals surface area (Å²) in [7, 11) is 2.10. The molecule has 0 spiro atoms. The van der Waals surface area contributed by atoms with Gasteiger partial charge in [-0.3, -0.25) is 4.79 Å². The van der Waals surface area contributed by atoms with Crippen LogP contribution in [-0.2, 0) is 6.54 Å². The van der Waals surface area contributed by atoms with Crippen molar-refractivity contribution in [1.29, 1.82) is 0 Å². The fourth-order valence-corrected chi connectivity index (χ4v) is 2.46. The van der Waals surface area contributed by atoms with Crippen molar-refractivity contribution in [3.05, 3.63) is 47.9 Å². The third-order valence-electron chi connectivity index (χ3n) is 3.48. The van der Waals surface area contributed by atoms with Crippen molar-refractivity contribution in [1.82, 2.24) is 0 Å². The molecule has 2 heterocycles. The molecule has 0 radical (unpaired) electrons. The van der Waals surface area contributed by atoms with E-state index in [0.29, 0.717) is 12.3 Å². The predicted octanol–water partition coefficient (Wildman–Crippen LogP) is 2.55. The number of likely N-dealkylation sites (N-methyl/N-ethyl adjacent to an activating group) is 1. The number of hydrogen-bond donors (Lipinski definition) is 0. The Balaban J connectivity index is 1.86. The third-order valence-corrected chi connectivity index (χ3v) is 3.48. The summed E-state index contributed by atoms with van der Waals surface area (Å²) in [5.74, 6) is 1.21. The first-order valence-corrected chi connectivity index (χ1v) is 6.37. The average molecular weight is 256 g/mol. The van der Waals surface area contributed by atoms with Crippen LogP contribution in [0.25, 0.3) is 0 Å². The second-order valence-corrected chi connectivity index (χ2v) is 4.75. The van der Waals surface area contributed by atoms with E-state index >= 15 is 0 Å². The van der Waals surface area contributed by atoms with Crippen LogP contribution in [0.15, 0.2) is 40.8 Å². The number of hydrogen-bond acceptors (Lipinski definition) is 4. The highest BCUT2D eigenvalue weighted by atomic mass is 16.3. The van der Waals surface area contributed by atoms with Gasteiger partial charge in [0.1, 0.15) is 5.76 Å². The lowest BCUT2D eigenvalue weighted by atomic mass is 10.1. The first-order chi connectivity index (χ1) is 9.28. The summed E-state index contributed by atoms with van der Waals surface area (Å²) < 4.78 is 5.45. The SMILES string of the molecule is CN1CCN(Cc2ccc(C=O)o2)c2ccccc21. The molecule has 0 bridgehead atoms. The molecule has 98 valence electrons. The lowest BCUT2D eigenvalue weighted by Crippen LogP contribution is -2.38. The number of para-hydroxylation sites is 2. The zero-order chi connectivity index (χ0) is 13.2. The Kier molecular flexibility index (Phi) is 2.99. The van der Waals surface area contributed by atoms with Crippen molar-refractivity contribution in [2.24, 2.45) is 0 Å². The number of aldehydes is 1. The highest BCUT2D eigenvalue weighted by molar-refractivity contribution is 5.73.